The number of rotatable bonds is 8. The molecule has 0 saturated carbocycles. The predicted molar refractivity (Wildman–Crippen MR) is 139 cm³/mol. The lowest BCUT2D eigenvalue weighted by Crippen LogP contribution is -2.54. The molecule has 0 fully saturated rings. The summed E-state index contributed by atoms with van der Waals surface area (Å²) in [7, 11) is 0. The van der Waals surface area contributed by atoms with E-state index in [4.69, 9.17) is 23.2 Å². The van der Waals surface area contributed by atoms with Crippen molar-refractivity contribution in [1.82, 2.24) is 10.2 Å². The molecule has 0 saturated heterocycles. The van der Waals surface area contributed by atoms with Gasteiger partial charge in [-0.05, 0) is 61.7 Å². The molecule has 35 heavy (non-hydrogen) atoms. The van der Waals surface area contributed by atoms with E-state index in [1.807, 2.05) is 51.1 Å². The standard InChI is InChI=1S/C28H29Cl2FN2O2/c1-28(2,3)32-27(35)25(16-19-7-5-4-6-8-19)33(18-20-9-12-22(31)13-10-20)26(34)17-21-11-14-23(29)24(30)15-21/h4-15,25H,16-18H2,1-3H3,(H,32,35). The summed E-state index contributed by atoms with van der Waals surface area (Å²) in [5.41, 5.74) is 1.84. The van der Waals surface area contributed by atoms with Gasteiger partial charge in [-0.2, -0.15) is 0 Å². The zero-order valence-electron chi connectivity index (χ0n) is 20.0. The maximum absolute atomic E-state index is 13.7. The first-order valence-electron chi connectivity index (χ1n) is 11.4. The highest BCUT2D eigenvalue weighted by Crippen LogP contribution is 2.24. The first kappa shape index (κ1) is 26.7. The monoisotopic (exact) mass is 514 g/mol. The fourth-order valence-electron chi connectivity index (χ4n) is 3.72. The van der Waals surface area contributed by atoms with Gasteiger partial charge in [0.2, 0.25) is 11.8 Å². The van der Waals surface area contributed by atoms with E-state index >= 15 is 0 Å². The Morgan fingerprint density at radius 1 is 0.886 bits per heavy atom. The maximum atomic E-state index is 13.7. The predicted octanol–water partition coefficient (Wildman–Crippen LogP) is 6.23. The van der Waals surface area contributed by atoms with Crippen LogP contribution in [0.1, 0.15) is 37.5 Å². The molecule has 1 atom stereocenters. The van der Waals surface area contributed by atoms with Gasteiger partial charge in [-0.3, -0.25) is 9.59 Å². The van der Waals surface area contributed by atoms with Crippen molar-refractivity contribution >= 4 is 35.0 Å². The van der Waals surface area contributed by atoms with Crippen molar-refractivity contribution in [2.45, 2.75) is 51.7 Å². The van der Waals surface area contributed by atoms with Crippen LogP contribution in [0.2, 0.25) is 10.0 Å². The molecule has 0 aliphatic heterocycles. The Hall–Kier alpha value is -2.89. The average molecular weight is 515 g/mol. The van der Waals surface area contributed by atoms with Crippen LogP contribution in [0.5, 0.6) is 0 Å². The summed E-state index contributed by atoms with van der Waals surface area (Å²) < 4.78 is 13.5. The Morgan fingerprint density at radius 2 is 1.51 bits per heavy atom. The summed E-state index contributed by atoms with van der Waals surface area (Å²) in [6, 6.07) is 19.7. The van der Waals surface area contributed by atoms with E-state index in [0.717, 1.165) is 11.1 Å². The van der Waals surface area contributed by atoms with Crippen LogP contribution < -0.4 is 5.32 Å². The molecule has 0 bridgehead atoms. The van der Waals surface area contributed by atoms with Gasteiger partial charge in [0.25, 0.3) is 0 Å². The van der Waals surface area contributed by atoms with Crippen molar-refractivity contribution in [1.29, 1.82) is 0 Å². The van der Waals surface area contributed by atoms with Gasteiger partial charge < -0.3 is 10.2 Å². The van der Waals surface area contributed by atoms with Crippen molar-refractivity contribution in [3.63, 3.8) is 0 Å². The van der Waals surface area contributed by atoms with Crippen LogP contribution in [-0.2, 0) is 29.0 Å². The topological polar surface area (TPSA) is 49.4 Å². The highest BCUT2D eigenvalue weighted by atomic mass is 35.5. The summed E-state index contributed by atoms with van der Waals surface area (Å²) in [4.78, 5) is 28.7. The minimum Gasteiger partial charge on any atom is -0.350 e. The molecule has 4 nitrogen and oxygen atoms in total. The van der Waals surface area contributed by atoms with Crippen LogP contribution >= 0.6 is 23.2 Å². The molecule has 0 spiro atoms. The Balaban J connectivity index is 1.99. The zero-order chi connectivity index (χ0) is 25.6. The van der Waals surface area contributed by atoms with Crippen molar-refractivity contribution in [2.75, 3.05) is 0 Å². The number of hydrogen-bond acceptors (Lipinski definition) is 2. The lowest BCUT2D eigenvalue weighted by molar-refractivity contribution is -0.141. The molecule has 1 N–H and O–H groups in total. The first-order chi connectivity index (χ1) is 16.5. The summed E-state index contributed by atoms with van der Waals surface area (Å²) >= 11 is 12.2. The number of amides is 2. The van der Waals surface area contributed by atoms with Gasteiger partial charge in [0.05, 0.1) is 16.5 Å². The number of nitrogens with zero attached hydrogens (tertiary/aromatic N) is 1. The van der Waals surface area contributed by atoms with Crippen molar-refractivity contribution < 1.29 is 14.0 Å². The molecule has 3 rings (SSSR count). The Bertz CT molecular complexity index is 1160. The SMILES string of the molecule is CC(C)(C)NC(=O)C(Cc1ccccc1)N(Cc1ccc(F)cc1)C(=O)Cc1ccc(Cl)c(Cl)c1. The quantitative estimate of drug-likeness (QED) is 0.387. The summed E-state index contributed by atoms with van der Waals surface area (Å²) in [6.07, 6.45) is 0.364. The van der Waals surface area contributed by atoms with Crippen molar-refractivity contribution in [2.24, 2.45) is 0 Å². The Morgan fingerprint density at radius 3 is 2.11 bits per heavy atom. The second-order valence-corrected chi connectivity index (χ2v) is 10.3. The first-order valence-corrected chi connectivity index (χ1v) is 12.1. The lowest BCUT2D eigenvalue weighted by Gasteiger charge is -2.34. The number of nitrogens with one attached hydrogen (secondary N) is 1. The molecule has 2 amide bonds. The third-order valence-electron chi connectivity index (χ3n) is 5.37. The number of carbonyl (C=O) groups excluding carboxylic acids is 2. The molecular formula is C28H29Cl2FN2O2. The second-order valence-electron chi connectivity index (χ2n) is 9.52. The highest BCUT2D eigenvalue weighted by Gasteiger charge is 2.32. The molecule has 0 aromatic heterocycles. The second kappa shape index (κ2) is 11.7. The largest absolute Gasteiger partial charge is 0.350 e. The van der Waals surface area contributed by atoms with E-state index in [1.54, 1.807) is 35.2 Å². The summed E-state index contributed by atoms with van der Waals surface area (Å²) in [5.74, 6) is -0.877. The Kier molecular flexibility index (Phi) is 8.92. The molecule has 0 aliphatic carbocycles. The molecule has 0 radical (unpaired) electrons. The average Bonchev–Trinajstić information content (AvgIpc) is 2.79. The van der Waals surface area contributed by atoms with E-state index in [2.05, 4.69) is 5.32 Å². The van der Waals surface area contributed by atoms with Crippen molar-refractivity contribution in [3.8, 4) is 0 Å². The number of halogens is 3. The Labute approximate surface area is 216 Å². The normalized spacial score (nSPS) is 12.2. The minimum absolute atomic E-state index is 0.0339. The summed E-state index contributed by atoms with van der Waals surface area (Å²) in [5, 5.41) is 3.77. The number of hydrogen-bond donors (Lipinski definition) is 1. The van der Waals surface area contributed by atoms with Gasteiger partial charge in [0, 0.05) is 18.5 Å². The van der Waals surface area contributed by atoms with Crippen LogP contribution in [0.15, 0.2) is 72.8 Å². The van der Waals surface area contributed by atoms with E-state index in [0.29, 0.717) is 22.0 Å². The third kappa shape index (κ3) is 8.08. The zero-order valence-corrected chi connectivity index (χ0v) is 21.5. The number of carbonyl (C=O) groups is 2. The number of benzene rings is 3. The molecule has 1 unspecified atom stereocenters. The molecule has 3 aromatic carbocycles. The molecule has 0 aliphatic rings. The fourth-order valence-corrected chi connectivity index (χ4v) is 4.04. The molecule has 0 heterocycles. The molecular weight excluding hydrogens is 486 g/mol. The minimum atomic E-state index is -0.781. The van der Waals surface area contributed by atoms with Crippen molar-refractivity contribution in [3.05, 3.63) is 105 Å². The lowest BCUT2D eigenvalue weighted by atomic mass is 10.00. The van der Waals surface area contributed by atoms with Gasteiger partial charge in [0.15, 0.2) is 0 Å². The van der Waals surface area contributed by atoms with Gasteiger partial charge in [0.1, 0.15) is 11.9 Å². The smallest absolute Gasteiger partial charge is 0.243 e. The third-order valence-corrected chi connectivity index (χ3v) is 6.11. The van der Waals surface area contributed by atoms with Gasteiger partial charge in [-0.15, -0.1) is 0 Å². The van der Waals surface area contributed by atoms with Crippen LogP contribution in [0.3, 0.4) is 0 Å². The van der Waals surface area contributed by atoms with Gasteiger partial charge in [-0.1, -0.05) is 71.7 Å². The van der Waals surface area contributed by atoms with Crippen LogP contribution in [0.4, 0.5) is 4.39 Å². The highest BCUT2D eigenvalue weighted by molar-refractivity contribution is 6.42. The van der Waals surface area contributed by atoms with E-state index in [1.165, 1.54) is 12.1 Å². The molecule has 7 heteroatoms. The summed E-state index contributed by atoms with van der Waals surface area (Å²) in [6.45, 7) is 5.83. The molecule has 3 aromatic rings. The van der Waals surface area contributed by atoms with E-state index < -0.39 is 11.6 Å². The molecule has 184 valence electrons. The maximum Gasteiger partial charge on any atom is 0.243 e. The van der Waals surface area contributed by atoms with E-state index in [9.17, 15) is 14.0 Å². The van der Waals surface area contributed by atoms with E-state index in [-0.39, 0.29) is 30.6 Å². The fraction of sp³-hybridized carbons (Fsp3) is 0.286. The van der Waals surface area contributed by atoms with Gasteiger partial charge in [-0.25, -0.2) is 4.39 Å². The van der Waals surface area contributed by atoms with Crippen LogP contribution in [0.25, 0.3) is 0 Å². The van der Waals surface area contributed by atoms with Crippen LogP contribution in [0, 0.1) is 5.82 Å². The van der Waals surface area contributed by atoms with Gasteiger partial charge >= 0.3 is 0 Å². The van der Waals surface area contributed by atoms with Crippen LogP contribution in [-0.4, -0.2) is 28.3 Å².